The molecule has 0 saturated heterocycles. The normalized spacial score (nSPS) is 17.1. The molecule has 28 heavy (non-hydrogen) atoms. The van der Waals surface area contributed by atoms with Gasteiger partial charge in [0, 0.05) is 19.0 Å². The van der Waals surface area contributed by atoms with Crippen LogP contribution in [-0.2, 0) is 6.54 Å². The number of benzene rings is 2. The average molecular weight is 375 g/mol. The van der Waals surface area contributed by atoms with Gasteiger partial charge in [0.25, 0.3) is 5.91 Å². The van der Waals surface area contributed by atoms with Gasteiger partial charge >= 0.3 is 0 Å². The summed E-state index contributed by atoms with van der Waals surface area (Å²) in [5.74, 6) is 1.47. The van der Waals surface area contributed by atoms with Gasteiger partial charge in [0.2, 0.25) is 11.8 Å². The molecule has 1 saturated carbocycles. The van der Waals surface area contributed by atoms with Gasteiger partial charge in [-0.3, -0.25) is 4.79 Å². The SMILES string of the molecule is Cc1nnc(-c2ccc(-c3cccc4c3C(=O)N([C@@H](CO)C3CC3)C4)cc2)o1. The Bertz CT molecular complexity index is 1040. The van der Waals surface area contributed by atoms with Crippen LogP contribution in [0.25, 0.3) is 22.6 Å². The van der Waals surface area contributed by atoms with Gasteiger partial charge in [0.1, 0.15) is 0 Å². The van der Waals surface area contributed by atoms with Crippen molar-refractivity contribution in [2.75, 3.05) is 6.61 Å². The molecule has 1 aliphatic heterocycles. The first-order valence-electron chi connectivity index (χ1n) is 9.60. The third-order valence-corrected chi connectivity index (χ3v) is 5.69. The maximum absolute atomic E-state index is 13.2. The Morgan fingerprint density at radius 2 is 1.89 bits per heavy atom. The first-order valence-corrected chi connectivity index (χ1v) is 9.60. The molecule has 0 unspecified atom stereocenters. The Morgan fingerprint density at radius 1 is 1.14 bits per heavy atom. The fourth-order valence-electron chi connectivity index (χ4n) is 4.08. The monoisotopic (exact) mass is 375 g/mol. The van der Waals surface area contributed by atoms with Crippen LogP contribution in [0.4, 0.5) is 0 Å². The third-order valence-electron chi connectivity index (χ3n) is 5.69. The second-order valence-electron chi connectivity index (χ2n) is 7.56. The first-order chi connectivity index (χ1) is 13.7. The molecule has 1 atom stereocenters. The van der Waals surface area contributed by atoms with Crippen molar-refractivity contribution in [3.63, 3.8) is 0 Å². The lowest BCUT2D eigenvalue weighted by Gasteiger charge is -2.26. The summed E-state index contributed by atoms with van der Waals surface area (Å²) in [6.45, 7) is 2.36. The van der Waals surface area contributed by atoms with E-state index >= 15 is 0 Å². The van der Waals surface area contributed by atoms with Crippen molar-refractivity contribution in [3.8, 4) is 22.6 Å². The third kappa shape index (κ3) is 2.81. The Hall–Kier alpha value is -2.99. The summed E-state index contributed by atoms with van der Waals surface area (Å²) >= 11 is 0. The molecule has 1 aliphatic carbocycles. The molecule has 0 bridgehead atoms. The lowest BCUT2D eigenvalue weighted by atomic mass is 9.96. The highest BCUT2D eigenvalue weighted by molar-refractivity contribution is 6.04. The predicted octanol–water partition coefficient (Wildman–Crippen LogP) is 3.44. The van der Waals surface area contributed by atoms with E-state index in [0.29, 0.717) is 24.2 Å². The molecule has 0 radical (unpaired) electrons. The van der Waals surface area contributed by atoms with Gasteiger partial charge < -0.3 is 14.4 Å². The van der Waals surface area contributed by atoms with Crippen molar-refractivity contribution in [3.05, 3.63) is 59.5 Å². The number of amides is 1. The number of carbonyl (C=O) groups excluding carboxylic acids is 1. The van der Waals surface area contributed by atoms with Gasteiger partial charge in [-0.2, -0.15) is 0 Å². The van der Waals surface area contributed by atoms with Crippen LogP contribution in [0.5, 0.6) is 0 Å². The van der Waals surface area contributed by atoms with Crippen molar-refractivity contribution in [2.24, 2.45) is 5.92 Å². The molecule has 2 aliphatic rings. The van der Waals surface area contributed by atoms with E-state index < -0.39 is 0 Å². The summed E-state index contributed by atoms with van der Waals surface area (Å²) in [4.78, 5) is 15.0. The van der Waals surface area contributed by atoms with Gasteiger partial charge in [0.15, 0.2) is 0 Å². The van der Waals surface area contributed by atoms with Crippen molar-refractivity contribution >= 4 is 5.91 Å². The van der Waals surface area contributed by atoms with E-state index in [1.54, 1.807) is 6.92 Å². The lowest BCUT2D eigenvalue weighted by Crippen LogP contribution is -2.39. The summed E-state index contributed by atoms with van der Waals surface area (Å²) in [7, 11) is 0. The van der Waals surface area contributed by atoms with Crippen LogP contribution in [0.3, 0.4) is 0 Å². The maximum atomic E-state index is 13.2. The number of rotatable bonds is 5. The fourth-order valence-corrected chi connectivity index (χ4v) is 4.08. The van der Waals surface area contributed by atoms with E-state index in [2.05, 4.69) is 10.2 Å². The van der Waals surface area contributed by atoms with E-state index in [0.717, 1.165) is 40.7 Å². The number of aliphatic hydroxyl groups is 1. The Labute approximate surface area is 162 Å². The number of aliphatic hydroxyl groups excluding tert-OH is 1. The van der Waals surface area contributed by atoms with Crippen LogP contribution in [0.1, 0.15) is 34.7 Å². The molecule has 3 aromatic rings. The Kier molecular flexibility index (Phi) is 4.02. The molecular formula is C22H21N3O3. The zero-order chi connectivity index (χ0) is 19.3. The molecule has 142 valence electrons. The van der Waals surface area contributed by atoms with Gasteiger partial charge in [-0.1, -0.05) is 30.3 Å². The number of hydrogen-bond acceptors (Lipinski definition) is 5. The largest absolute Gasteiger partial charge is 0.421 e. The number of hydrogen-bond donors (Lipinski definition) is 1. The highest BCUT2D eigenvalue weighted by Crippen LogP contribution is 2.40. The topological polar surface area (TPSA) is 79.5 Å². The zero-order valence-corrected chi connectivity index (χ0v) is 15.6. The minimum atomic E-state index is -0.0732. The van der Waals surface area contributed by atoms with Crippen LogP contribution in [-0.4, -0.2) is 38.8 Å². The van der Waals surface area contributed by atoms with E-state index in [1.165, 1.54) is 0 Å². The first kappa shape index (κ1) is 17.1. The fraction of sp³-hybridized carbons (Fsp3) is 0.318. The van der Waals surface area contributed by atoms with Crippen molar-refractivity contribution in [1.29, 1.82) is 0 Å². The summed E-state index contributed by atoms with van der Waals surface area (Å²) in [6.07, 6.45) is 2.18. The quantitative estimate of drug-likeness (QED) is 0.739. The number of aryl methyl sites for hydroxylation is 1. The van der Waals surface area contributed by atoms with Gasteiger partial charge in [-0.05, 0) is 47.6 Å². The molecule has 6 heteroatoms. The van der Waals surface area contributed by atoms with Gasteiger partial charge in [0.05, 0.1) is 18.2 Å². The Balaban J connectivity index is 1.48. The minimum Gasteiger partial charge on any atom is -0.421 e. The lowest BCUT2D eigenvalue weighted by molar-refractivity contribution is 0.0580. The second kappa shape index (κ2) is 6.56. The van der Waals surface area contributed by atoms with E-state index in [9.17, 15) is 9.90 Å². The van der Waals surface area contributed by atoms with E-state index in [-0.39, 0.29) is 18.6 Å². The van der Waals surface area contributed by atoms with E-state index in [4.69, 9.17) is 4.42 Å². The summed E-state index contributed by atoms with van der Waals surface area (Å²) in [5.41, 5.74) is 4.52. The van der Waals surface area contributed by atoms with Crippen LogP contribution < -0.4 is 0 Å². The summed E-state index contributed by atoms with van der Waals surface area (Å²) in [5, 5.41) is 17.7. The van der Waals surface area contributed by atoms with Crippen molar-refractivity contribution < 1.29 is 14.3 Å². The molecule has 1 N–H and O–H groups in total. The summed E-state index contributed by atoms with van der Waals surface area (Å²) in [6, 6.07) is 13.7. The molecular weight excluding hydrogens is 354 g/mol. The zero-order valence-electron chi connectivity index (χ0n) is 15.6. The second-order valence-corrected chi connectivity index (χ2v) is 7.56. The molecule has 1 amide bonds. The van der Waals surface area contributed by atoms with Gasteiger partial charge in [-0.25, -0.2) is 0 Å². The highest BCUT2D eigenvalue weighted by atomic mass is 16.4. The van der Waals surface area contributed by atoms with Gasteiger partial charge in [-0.15, -0.1) is 10.2 Å². The number of carbonyl (C=O) groups is 1. The van der Waals surface area contributed by atoms with Crippen molar-refractivity contribution in [2.45, 2.75) is 32.4 Å². The van der Waals surface area contributed by atoms with Crippen LogP contribution in [0.15, 0.2) is 46.9 Å². The predicted molar refractivity (Wildman–Crippen MR) is 103 cm³/mol. The number of aromatic nitrogens is 2. The number of fused-ring (bicyclic) bond motifs is 1. The average Bonchev–Trinajstić information content (AvgIpc) is 3.37. The number of nitrogens with zero attached hydrogens (tertiary/aromatic N) is 3. The van der Waals surface area contributed by atoms with Crippen molar-refractivity contribution in [1.82, 2.24) is 15.1 Å². The minimum absolute atomic E-state index is 0.0214. The van der Waals surface area contributed by atoms with E-state index in [1.807, 2.05) is 47.4 Å². The molecule has 2 aromatic carbocycles. The molecule has 5 rings (SSSR count). The molecule has 2 heterocycles. The maximum Gasteiger partial charge on any atom is 0.255 e. The van der Waals surface area contributed by atoms with Crippen LogP contribution in [0, 0.1) is 12.8 Å². The molecule has 1 fully saturated rings. The summed E-state index contributed by atoms with van der Waals surface area (Å²) < 4.78 is 5.48. The highest BCUT2D eigenvalue weighted by Gasteiger charge is 2.41. The smallest absolute Gasteiger partial charge is 0.255 e. The van der Waals surface area contributed by atoms with Crippen LogP contribution >= 0.6 is 0 Å². The molecule has 6 nitrogen and oxygen atoms in total. The molecule has 1 aromatic heterocycles. The Morgan fingerprint density at radius 3 is 2.54 bits per heavy atom. The molecule has 0 spiro atoms. The standard InChI is InChI=1S/C22H21N3O3/c1-13-23-24-21(28-13)16-9-5-14(6-10-16)18-4-2-3-17-11-25(22(27)20(17)18)19(12-26)15-7-8-15/h2-6,9-10,15,19,26H,7-8,11-12H2,1H3/t19-/m0/s1. The van der Waals surface area contributed by atoms with Crippen LogP contribution in [0.2, 0.25) is 0 Å².